The number of rotatable bonds is 13. The van der Waals surface area contributed by atoms with E-state index >= 15 is 0 Å². The number of carbonyl (C=O) groups is 3. The third-order valence-electron chi connectivity index (χ3n) is 6.29. The molecule has 202 valence electrons. The Bertz CT molecular complexity index is 1200. The van der Waals surface area contributed by atoms with E-state index in [-0.39, 0.29) is 30.4 Å². The van der Waals surface area contributed by atoms with Crippen LogP contribution in [0.5, 0.6) is 0 Å². The van der Waals surface area contributed by atoms with Crippen LogP contribution >= 0.6 is 0 Å². The minimum absolute atomic E-state index is 0.0588. The second kappa shape index (κ2) is 12.6. The topological polar surface area (TPSA) is 188 Å². The van der Waals surface area contributed by atoms with Crippen LogP contribution in [0.25, 0.3) is 0 Å². The van der Waals surface area contributed by atoms with Crippen LogP contribution in [0.3, 0.4) is 0 Å². The molecule has 1 aromatic heterocycles. The van der Waals surface area contributed by atoms with E-state index in [1.54, 1.807) is 36.4 Å². The SMILES string of the molecule is C=CCN(CC1CCc2nc(N)nc(N)c2N1CC=C)c1ccc(C(=O)N[C@@H](CCC(=O)O)C(=O)O)cc1. The van der Waals surface area contributed by atoms with E-state index in [2.05, 4.69) is 38.2 Å². The van der Waals surface area contributed by atoms with Crippen molar-refractivity contribution < 1.29 is 24.6 Å². The molecular weight excluding hydrogens is 490 g/mol. The minimum atomic E-state index is -1.30. The monoisotopic (exact) mass is 523 g/mol. The molecule has 7 N–H and O–H groups in total. The summed E-state index contributed by atoms with van der Waals surface area (Å²) in [6.07, 6.45) is 4.50. The summed E-state index contributed by atoms with van der Waals surface area (Å²) in [7, 11) is 0. The van der Waals surface area contributed by atoms with E-state index in [9.17, 15) is 19.5 Å². The molecule has 2 aromatic rings. The first-order chi connectivity index (χ1) is 18.1. The number of amides is 1. The molecule has 0 bridgehead atoms. The van der Waals surface area contributed by atoms with E-state index < -0.39 is 23.9 Å². The molecule has 1 unspecified atom stereocenters. The molecule has 0 spiro atoms. The largest absolute Gasteiger partial charge is 0.481 e. The Balaban J connectivity index is 1.77. The number of hydrogen-bond acceptors (Lipinski definition) is 9. The number of carboxylic acid groups (broad SMARTS) is 2. The second-order valence-electron chi connectivity index (χ2n) is 8.93. The van der Waals surface area contributed by atoms with Gasteiger partial charge < -0.3 is 36.8 Å². The number of anilines is 4. The van der Waals surface area contributed by atoms with Gasteiger partial charge in [0, 0.05) is 43.3 Å². The lowest BCUT2D eigenvalue weighted by atomic mass is 9.98. The summed E-state index contributed by atoms with van der Waals surface area (Å²) in [6, 6.07) is 5.51. The van der Waals surface area contributed by atoms with Gasteiger partial charge in [-0.1, -0.05) is 12.2 Å². The molecule has 12 heteroatoms. The van der Waals surface area contributed by atoms with Gasteiger partial charge in [0.25, 0.3) is 5.91 Å². The molecule has 3 rings (SSSR count). The molecule has 0 saturated carbocycles. The van der Waals surface area contributed by atoms with Crippen molar-refractivity contribution in [2.45, 2.75) is 37.8 Å². The van der Waals surface area contributed by atoms with Crippen LogP contribution in [0.15, 0.2) is 49.6 Å². The second-order valence-corrected chi connectivity index (χ2v) is 8.93. The first-order valence-electron chi connectivity index (χ1n) is 12.1. The molecule has 1 aliphatic heterocycles. The van der Waals surface area contributed by atoms with Crippen molar-refractivity contribution >= 4 is 41.0 Å². The van der Waals surface area contributed by atoms with E-state index in [4.69, 9.17) is 16.6 Å². The zero-order chi connectivity index (χ0) is 27.8. The summed E-state index contributed by atoms with van der Waals surface area (Å²) in [4.78, 5) is 47.6. The Labute approximate surface area is 220 Å². The van der Waals surface area contributed by atoms with Gasteiger partial charge in [-0.3, -0.25) is 9.59 Å². The van der Waals surface area contributed by atoms with Crippen LogP contribution < -0.4 is 26.6 Å². The highest BCUT2D eigenvalue weighted by atomic mass is 16.4. The van der Waals surface area contributed by atoms with Gasteiger partial charge in [0.1, 0.15) is 11.7 Å². The summed E-state index contributed by atoms with van der Waals surface area (Å²) in [5.41, 5.74) is 14.7. The Hall–Kier alpha value is -4.61. The van der Waals surface area contributed by atoms with Crippen LogP contribution in [-0.2, 0) is 16.0 Å². The van der Waals surface area contributed by atoms with E-state index in [0.29, 0.717) is 31.9 Å². The zero-order valence-corrected chi connectivity index (χ0v) is 21.0. The maximum Gasteiger partial charge on any atom is 0.326 e. The predicted molar refractivity (Wildman–Crippen MR) is 145 cm³/mol. The van der Waals surface area contributed by atoms with E-state index in [1.807, 2.05) is 0 Å². The third kappa shape index (κ3) is 6.78. The molecule has 1 amide bonds. The lowest BCUT2D eigenvalue weighted by molar-refractivity contribution is -0.140. The average Bonchev–Trinajstić information content (AvgIpc) is 2.87. The number of nitrogen functional groups attached to an aromatic ring is 2. The van der Waals surface area contributed by atoms with Crippen LogP contribution in [0.1, 0.15) is 35.3 Å². The lowest BCUT2D eigenvalue weighted by Gasteiger charge is -2.41. The van der Waals surface area contributed by atoms with Crippen molar-refractivity contribution in [2.75, 3.05) is 40.9 Å². The number of nitrogens with zero attached hydrogens (tertiary/aromatic N) is 4. The molecule has 2 atom stereocenters. The number of benzene rings is 1. The maximum atomic E-state index is 12.6. The summed E-state index contributed by atoms with van der Waals surface area (Å²) >= 11 is 0. The van der Waals surface area contributed by atoms with E-state index in [0.717, 1.165) is 23.5 Å². The summed E-state index contributed by atoms with van der Waals surface area (Å²) in [5, 5.41) is 20.5. The van der Waals surface area contributed by atoms with Gasteiger partial charge in [-0.05, 0) is 43.5 Å². The fourth-order valence-corrected chi connectivity index (χ4v) is 4.52. The molecule has 0 fully saturated rings. The van der Waals surface area contributed by atoms with Gasteiger partial charge in [0.05, 0.1) is 5.69 Å². The molecule has 12 nitrogen and oxygen atoms in total. The normalized spacial score (nSPS) is 15.2. The first-order valence-corrected chi connectivity index (χ1v) is 12.1. The highest BCUT2D eigenvalue weighted by molar-refractivity contribution is 5.97. The highest BCUT2D eigenvalue weighted by Crippen LogP contribution is 2.35. The summed E-state index contributed by atoms with van der Waals surface area (Å²) in [5.74, 6) is -2.55. The third-order valence-corrected chi connectivity index (χ3v) is 6.29. The van der Waals surface area contributed by atoms with E-state index in [1.165, 1.54) is 0 Å². The summed E-state index contributed by atoms with van der Waals surface area (Å²) < 4.78 is 0. The van der Waals surface area contributed by atoms with Crippen molar-refractivity contribution in [2.24, 2.45) is 0 Å². The molecule has 0 radical (unpaired) electrons. The lowest BCUT2D eigenvalue weighted by Crippen LogP contribution is -2.48. The number of aromatic nitrogens is 2. The molecule has 0 aliphatic carbocycles. The Morgan fingerprint density at radius 2 is 1.87 bits per heavy atom. The Morgan fingerprint density at radius 1 is 1.16 bits per heavy atom. The van der Waals surface area contributed by atoms with Crippen molar-refractivity contribution in [3.63, 3.8) is 0 Å². The molecule has 1 aliphatic rings. The molecule has 38 heavy (non-hydrogen) atoms. The number of fused-ring (bicyclic) bond motifs is 1. The number of nitrogens with two attached hydrogens (primary N) is 2. The van der Waals surface area contributed by atoms with Gasteiger partial charge in [-0.2, -0.15) is 4.98 Å². The fraction of sp³-hybridized carbons (Fsp3) is 0.346. The number of aryl methyl sites for hydroxylation is 1. The van der Waals surface area contributed by atoms with Gasteiger partial charge >= 0.3 is 11.9 Å². The fourth-order valence-electron chi connectivity index (χ4n) is 4.52. The smallest absolute Gasteiger partial charge is 0.326 e. The number of hydrogen-bond donors (Lipinski definition) is 5. The van der Waals surface area contributed by atoms with Crippen molar-refractivity contribution in [1.82, 2.24) is 15.3 Å². The Morgan fingerprint density at radius 3 is 2.47 bits per heavy atom. The van der Waals surface area contributed by atoms with Crippen LogP contribution in [-0.4, -0.2) is 69.7 Å². The summed E-state index contributed by atoms with van der Waals surface area (Å²) in [6.45, 7) is 9.45. The van der Waals surface area contributed by atoms with Crippen LogP contribution in [0, 0.1) is 0 Å². The standard InChI is InChI=1S/C26H33N7O5/c1-3-13-32(15-18-9-10-19-22(33(18)14-4-2)23(27)31-26(28)30-19)17-7-5-16(6-8-17)24(36)29-20(25(37)38)11-12-21(34)35/h3-8,18,20H,1-2,9-15H2,(H,29,36)(H,34,35)(H,37,38)(H4,27,28,30,31)/t18?,20-/m0/s1. The van der Waals surface area contributed by atoms with Gasteiger partial charge in [0.15, 0.2) is 5.82 Å². The molecule has 0 saturated heterocycles. The Kier molecular flexibility index (Phi) is 9.25. The van der Waals surface area contributed by atoms with Crippen molar-refractivity contribution in [3.8, 4) is 0 Å². The van der Waals surface area contributed by atoms with Crippen molar-refractivity contribution in [3.05, 3.63) is 60.8 Å². The van der Waals surface area contributed by atoms with Crippen LogP contribution in [0.2, 0.25) is 0 Å². The highest BCUT2D eigenvalue weighted by Gasteiger charge is 2.31. The van der Waals surface area contributed by atoms with Gasteiger partial charge in [-0.15, -0.1) is 13.2 Å². The van der Waals surface area contributed by atoms with Crippen molar-refractivity contribution in [1.29, 1.82) is 0 Å². The maximum absolute atomic E-state index is 12.6. The molecular formula is C26H33N7O5. The molecule has 1 aromatic carbocycles. The van der Waals surface area contributed by atoms with Crippen LogP contribution in [0.4, 0.5) is 23.1 Å². The predicted octanol–water partition coefficient (Wildman–Crippen LogP) is 1.69. The average molecular weight is 524 g/mol. The minimum Gasteiger partial charge on any atom is -0.481 e. The number of carbonyl (C=O) groups excluding carboxylic acids is 1. The molecule has 2 heterocycles. The first kappa shape index (κ1) is 28.0. The van der Waals surface area contributed by atoms with Gasteiger partial charge in [0.2, 0.25) is 5.95 Å². The number of aliphatic carboxylic acids is 2. The zero-order valence-electron chi connectivity index (χ0n) is 21.0. The van der Waals surface area contributed by atoms with Gasteiger partial charge in [-0.25, -0.2) is 9.78 Å². The quantitative estimate of drug-likeness (QED) is 0.240. The number of carboxylic acids is 2. The number of nitrogens with one attached hydrogen (secondary N) is 1.